The second kappa shape index (κ2) is 5.74. The Labute approximate surface area is 130 Å². The van der Waals surface area contributed by atoms with E-state index >= 15 is 0 Å². The molecule has 0 aliphatic carbocycles. The molecule has 110 valence electrons. The third kappa shape index (κ3) is 3.34. The summed E-state index contributed by atoms with van der Waals surface area (Å²) in [7, 11) is -3.87. The van der Waals surface area contributed by atoms with Crippen molar-refractivity contribution in [3.05, 3.63) is 52.5 Å². The van der Waals surface area contributed by atoms with Crippen molar-refractivity contribution in [1.82, 2.24) is 0 Å². The zero-order valence-electron chi connectivity index (χ0n) is 10.7. The molecule has 0 radical (unpaired) electrons. The maximum atomic E-state index is 12.3. The first-order valence-electron chi connectivity index (χ1n) is 5.78. The van der Waals surface area contributed by atoms with Gasteiger partial charge in [-0.3, -0.25) is 9.52 Å². The number of anilines is 2. The van der Waals surface area contributed by atoms with Crippen LogP contribution in [0.15, 0.2) is 51.8 Å². The number of halogens is 1. The summed E-state index contributed by atoms with van der Waals surface area (Å²) in [5.41, 5.74) is 11.3. The summed E-state index contributed by atoms with van der Waals surface area (Å²) < 4.78 is 27.7. The lowest BCUT2D eigenvalue weighted by molar-refractivity contribution is 0.1000. The summed E-state index contributed by atoms with van der Waals surface area (Å²) in [5, 5.41) is 0. The molecule has 5 N–H and O–H groups in total. The largest absolute Gasteiger partial charge is 0.398 e. The van der Waals surface area contributed by atoms with Crippen LogP contribution in [-0.4, -0.2) is 14.3 Å². The molecule has 2 rings (SSSR count). The summed E-state index contributed by atoms with van der Waals surface area (Å²) in [5.74, 6) is -0.676. The van der Waals surface area contributed by atoms with Gasteiger partial charge in [-0.25, -0.2) is 8.42 Å². The van der Waals surface area contributed by atoms with Crippen LogP contribution in [0, 0.1) is 0 Å². The number of hydrogen-bond donors (Lipinski definition) is 3. The minimum Gasteiger partial charge on any atom is -0.398 e. The van der Waals surface area contributed by atoms with Gasteiger partial charge in [0.05, 0.1) is 11.4 Å². The highest BCUT2D eigenvalue weighted by Crippen LogP contribution is 2.27. The van der Waals surface area contributed by atoms with E-state index in [2.05, 4.69) is 20.7 Å². The van der Waals surface area contributed by atoms with E-state index in [0.29, 0.717) is 10.2 Å². The molecule has 21 heavy (non-hydrogen) atoms. The maximum Gasteiger partial charge on any atom is 0.263 e. The van der Waals surface area contributed by atoms with Gasteiger partial charge >= 0.3 is 0 Å². The minimum absolute atomic E-state index is 0.0501. The molecule has 0 fully saturated rings. The molecule has 2 aromatic carbocycles. The minimum atomic E-state index is -3.87. The lowest BCUT2D eigenvalue weighted by atomic mass is 10.2. The van der Waals surface area contributed by atoms with Crippen LogP contribution in [0.4, 0.5) is 11.4 Å². The first-order valence-corrected chi connectivity index (χ1v) is 8.05. The second-order valence-electron chi connectivity index (χ2n) is 4.20. The van der Waals surface area contributed by atoms with Crippen LogP contribution in [0.3, 0.4) is 0 Å². The van der Waals surface area contributed by atoms with E-state index in [1.165, 1.54) is 18.2 Å². The fourth-order valence-corrected chi connectivity index (χ4v) is 3.40. The number of benzene rings is 2. The van der Waals surface area contributed by atoms with Gasteiger partial charge in [-0.1, -0.05) is 12.1 Å². The van der Waals surface area contributed by atoms with E-state index in [0.717, 1.165) is 0 Å². The van der Waals surface area contributed by atoms with Gasteiger partial charge in [-0.2, -0.15) is 0 Å². The van der Waals surface area contributed by atoms with Crippen LogP contribution in [-0.2, 0) is 10.0 Å². The Kier molecular flexibility index (Phi) is 4.19. The molecule has 2 aromatic rings. The van der Waals surface area contributed by atoms with Gasteiger partial charge in [-0.05, 0) is 46.3 Å². The number of carbonyl (C=O) groups excluding carboxylic acids is 1. The number of carbonyl (C=O) groups is 1. The van der Waals surface area contributed by atoms with Crippen molar-refractivity contribution in [2.45, 2.75) is 4.90 Å². The smallest absolute Gasteiger partial charge is 0.263 e. The Hall–Kier alpha value is -2.06. The maximum absolute atomic E-state index is 12.3. The standard InChI is InChI=1S/C13H12BrN3O3S/c14-9-3-1-2-4-11(9)17-21(19,20)12-6-5-8(13(16)18)7-10(12)15/h1-7,17H,15H2,(H2,16,18). The molecular weight excluding hydrogens is 358 g/mol. The average Bonchev–Trinajstić information content (AvgIpc) is 2.40. The van der Waals surface area contributed by atoms with Crippen molar-refractivity contribution in [2.75, 3.05) is 10.5 Å². The highest BCUT2D eigenvalue weighted by molar-refractivity contribution is 9.10. The van der Waals surface area contributed by atoms with E-state index in [9.17, 15) is 13.2 Å². The number of nitrogens with two attached hydrogens (primary N) is 2. The molecule has 0 saturated carbocycles. The van der Waals surface area contributed by atoms with Crippen LogP contribution in [0.5, 0.6) is 0 Å². The first-order chi connectivity index (χ1) is 9.81. The van der Waals surface area contributed by atoms with Crippen LogP contribution < -0.4 is 16.2 Å². The topological polar surface area (TPSA) is 115 Å². The molecule has 0 atom stereocenters. The van der Waals surface area contributed by atoms with Gasteiger partial charge in [0, 0.05) is 10.0 Å². The molecule has 0 heterocycles. The highest BCUT2D eigenvalue weighted by atomic mass is 79.9. The van der Waals surface area contributed by atoms with Gasteiger partial charge in [0.25, 0.3) is 10.0 Å². The van der Waals surface area contributed by atoms with Gasteiger partial charge in [0.15, 0.2) is 0 Å². The third-order valence-corrected chi connectivity index (χ3v) is 4.83. The number of nitrogens with one attached hydrogen (secondary N) is 1. The molecule has 1 amide bonds. The van der Waals surface area contributed by atoms with Crippen molar-refractivity contribution in [3.8, 4) is 0 Å². The van der Waals surface area contributed by atoms with Gasteiger partial charge in [0.1, 0.15) is 4.90 Å². The average molecular weight is 370 g/mol. The van der Waals surface area contributed by atoms with E-state index in [1.54, 1.807) is 24.3 Å². The number of amides is 1. The molecule has 0 unspecified atom stereocenters. The first kappa shape index (κ1) is 15.3. The SMILES string of the molecule is NC(=O)c1ccc(S(=O)(=O)Nc2ccccc2Br)c(N)c1. The molecule has 6 nitrogen and oxygen atoms in total. The predicted molar refractivity (Wildman–Crippen MR) is 84.3 cm³/mol. The normalized spacial score (nSPS) is 11.1. The third-order valence-electron chi connectivity index (χ3n) is 2.70. The number of rotatable bonds is 4. The zero-order valence-corrected chi connectivity index (χ0v) is 13.1. The van der Waals surface area contributed by atoms with Crippen LogP contribution in [0.1, 0.15) is 10.4 Å². The monoisotopic (exact) mass is 369 g/mol. The van der Waals surface area contributed by atoms with E-state index in [1.807, 2.05) is 0 Å². The fourth-order valence-electron chi connectivity index (χ4n) is 1.69. The quantitative estimate of drug-likeness (QED) is 0.713. The Bertz CT molecular complexity index is 806. The Balaban J connectivity index is 2.41. The molecular formula is C13H12BrN3O3S. The summed E-state index contributed by atoms with van der Waals surface area (Å²) in [6.07, 6.45) is 0. The fraction of sp³-hybridized carbons (Fsp3) is 0. The summed E-state index contributed by atoms with van der Waals surface area (Å²) in [6.45, 7) is 0. The predicted octanol–water partition coefficient (Wildman–Crippen LogP) is 1.93. The van der Waals surface area contributed by atoms with Crippen LogP contribution in [0.25, 0.3) is 0 Å². The van der Waals surface area contributed by atoms with Crippen molar-refractivity contribution in [3.63, 3.8) is 0 Å². The number of hydrogen-bond acceptors (Lipinski definition) is 4. The Morgan fingerprint density at radius 1 is 1.14 bits per heavy atom. The van der Waals surface area contributed by atoms with Crippen molar-refractivity contribution >= 4 is 43.2 Å². The van der Waals surface area contributed by atoms with Crippen LogP contribution >= 0.6 is 15.9 Å². The molecule has 0 spiro atoms. The Morgan fingerprint density at radius 3 is 2.38 bits per heavy atom. The Morgan fingerprint density at radius 2 is 1.81 bits per heavy atom. The lowest BCUT2D eigenvalue weighted by Crippen LogP contribution is -2.17. The molecule has 0 aliphatic heterocycles. The second-order valence-corrected chi connectivity index (χ2v) is 6.71. The van der Waals surface area contributed by atoms with Gasteiger partial charge in [0.2, 0.25) is 5.91 Å². The molecule has 0 aromatic heterocycles. The van der Waals surface area contributed by atoms with Gasteiger partial charge in [-0.15, -0.1) is 0 Å². The van der Waals surface area contributed by atoms with Crippen molar-refractivity contribution < 1.29 is 13.2 Å². The highest BCUT2D eigenvalue weighted by Gasteiger charge is 2.19. The number of nitrogen functional groups attached to an aromatic ring is 1. The van der Waals surface area contributed by atoms with E-state index in [-0.39, 0.29) is 16.1 Å². The van der Waals surface area contributed by atoms with Crippen molar-refractivity contribution in [2.24, 2.45) is 5.73 Å². The molecule has 0 bridgehead atoms. The van der Waals surface area contributed by atoms with E-state index in [4.69, 9.17) is 11.5 Å². The van der Waals surface area contributed by atoms with Gasteiger partial charge < -0.3 is 11.5 Å². The molecule has 0 saturated heterocycles. The summed E-state index contributed by atoms with van der Waals surface area (Å²) in [4.78, 5) is 10.9. The lowest BCUT2D eigenvalue weighted by Gasteiger charge is -2.12. The molecule has 0 aliphatic rings. The summed E-state index contributed by atoms with van der Waals surface area (Å²) in [6, 6.07) is 10.6. The number of sulfonamides is 1. The number of para-hydroxylation sites is 1. The van der Waals surface area contributed by atoms with E-state index < -0.39 is 15.9 Å². The summed E-state index contributed by atoms with van der Waals surface area (Å²) >= 11 is 3.25. The number of primary amides is 1. The molecule has 8 heteroatoms. The zero-order chi connectivity index (χ0) is 15.6. The van der Waals surface area contributed by atoms with Crippen LogP contribution in [0.2, 0.25) is 0 Å². The van der Waals surface area contributed by atoms with Crippen molar-refractivity contribution in [1.29, 1.82) is 0 Å².